The van der Waals surface area contributed by atoms with Crippen LogP contribution < -0.4 is 14.8 Å². The van der Waals surface area contributed by atoms with Gasteiger partial charge in [0.25, 0.3) is 0 Å². The van der Waals surface area contributed by atoms with Gasteiger partial charge in [0.1, 0.15) is 11.1 Å². The number of carbonyl (C=O) groups excluding carboxylic acids is 1. The van der Waals surface area contributed by atoms with Crippen molar-refractivity contribution >= 4 is 11.6 Å². The highest BCUT2D eigenvalue weighted by Gasteiger charge is 2.49. The van der Waals surface area contributed by atoms with Crippen molar-refractivity contribution in [3.05, 3.63) is 47.7 Å². The van der Waals surface area contributed by atoms with Gasteiger partial charge in [0.2, 0.25) is 11.8 Å². The number of hydrogen-bond donors (Lipinski definition) is 1. The Morgan fingerprint density at radius 2 is 1.90 bits per heavy atom. The standard InChI is InChI=1S/C20H22F2N2O4.C2H6/c1-12(2)13-6-4-5-7-14(13)20(10-27-11-20)18(25)24-15-9-23-17(26-3)8-16(15)28-19(21)22;1-2/h4-9,12,19H,10-11H2,1-3H3,(H,24,25);1-2H3. The minimum atomic E-state index is -3.05. The molecule has 1 amide bonds. The number of rotatable bonds is 7. The molecule has 30 heavy (non-hydrogen) atoms. The second-order valence-corrected chi connectivity index (χ2v) is 6.87. The highest BCUT2D eigenvalue weighted by Crippen LogP contribution is 2.39. The molecule has 1 aromatic heterocycles. The van der Waals surface area contributed by atoms with Crippen LogP contribution in [-0.2, 0) is 14.9 Å². The van der Waals surface area contributed by atoms with Gasteiger partial charge < -0.3 is 19.5 Å². The summed E-state index contributed by atoms with van der Waals surface area (Å²) in [5, 5.41) is 2.68. The van der Waals surface area contributed by atoms with E-state index in [0.29, 0.717) is 0 Å². The topological polar surface area (TPSA) is 69.7 Å². The lowest BCUT2D eigenvalue weighted by Crippen LogP contribution is -2.56. The zero-order valence-electron chi connectivity index (χ0n) is 17.9. The van der Waals surface area contributed by atoms with Crippen LogP contribution in [0.25, 0.3) is 0 Å². The summed E-state index contributed by atoms with van der Waals surface area (Å²) in [7, 11) is 1.36. The number of benzene rings is 1. The van der Waals surface area contributed by atoms with E-state index in [1.54, 1.807) is 0 Å². The fourth-order valence-corrected chi connectivity index (χ4v) is 3.21. The Kier molecular flexibility index (Phi) is 8.11. The first-order chi connectivity index (χ1) is 14.4. The SMILES string of the molecule is CC.COc1cc(OC(F)F)c(NC(=O)C2(c3ccccc3C(C)C)COC2)cn1. The molecule has 0 unspecified atom stereocenters. The van der Waals surface area contributed by atoms with Gasteiger partial charge in [0, 0.05) is 6.07 Å². The predicted molar refractivity (Wildman–Crippen MR) is 110 cm³/mol. The lowest BCUT2D eigenvalue weighted by atomic mass is 9.73. The first kappa shape index (κ1) is 23.5. The number of hydrogen-bond acceptors (Lipinski definition) is 5. The fraction of sp³-hybridized carbons (Fsp3) is 0.455. The Bertz CT molecular complexity index is 855. The van der Waals surface area contributed by atoms with Crippen LogP contribution in [0.5, 0.6) is 11.6 Å². The molecule has 0 saturated carbocycles. The highest BCUT2D eigenvalue weighted by atomic mass is 19.3. The van der Waals surface area contributed by atoms with Crippen LogP contribution >= 0.6 is 0 Å². The first-order valence-electron chi connectivity index (χ1n) is 9.85. The van der Waals surface area contributed by atoms with E-state index in [9.17, 15) is 13.6 Å². The van der Waals surface area contributed by atoms with E-state index in [-0.39, 0.29) is 42.4 Å². The molecule has 1 aromatic carbocycles. The Morgan fingerprint density at radius 1 is 1.23 bits per heavy atom. The molecule has 6 nitrogen and oxygen atoms in total. The van der Waals surface area contributed by atoms with Gasteiger partial charge in [-0.2, -0.15) is 8.78 Å². The largest absolute Gasteiger partial charge is 0.481 e. The van der Waals surface area contributed by atoms with Crippen molar-refractivity contribution in [1.82, 2.24) is 4.98 Å². The molecule has 1 aliphatic rings. The summed E-state index contributed by atoms with van der Waals surface area (Å²) in [6.45, 7) is 5.46. The van der Waals surface area contributed by atoms with Gasteiger partial charge in [-0.25, -0.2) is 4.98 Å². The lowest BCUT2D eigenvalue weighted by Gasteiger charge is -2.41. The Morgan fingerprint density at radius 3 is 2.43 bits per heavy atom. The van der Waals surface area contributed by atoms with E-state index in [0.717, 1.165) is 11.1 Å². The third-order valence-electron chi connectivity index (χ3n) is 4.74. The van der Waals surface area contributed by atoms with Crippen molar-refractivity contribution in [1.29, 1.82) is 0 Å². The number of aromatic nitrogens is 1. The Balaban J connectivity index is 0.00000155. The Labute approximate surface area is 175 Å². The molecule has 164 valence electrons. The van der Waals surface area contributed by atoms with E-state index in [4.69, 9.17) is 9.47 Å². The van der Waals surface area contributed by atoms with E-state index in [2.05, 4.69) is 15.0 Å². The number of methoxy groups -OCH3 is 1. The summed E-state index contributed by atoms with van der Waals surface area (Å²) in [4.78, 5) is 17.2. The van der Waals surface area contributed by atoms with Gasteiger partial charge >= 0.3 is 6.61 Å². The number of pyridine rings is 1. The summed E-state index contributed by atoms with van der Waals surface area (Å²) in [6, 6.07) is 8.88. The summed E-state index contributed by atoms with van der Waals surface area (Å²) in [5.41, 5.74) is 1.05. The maximum atomic E-state index is 13.2. The van der Waals surface area contributed by atoms with Gasteiger partial charge in [-0.15, -0.1) is 0 Å². The molecular weight excluding hydrogens is 394 g/mol. The number of nitrogens with one attached hydrogen (secondary N) is 1. The van der Waals surface area contributed by atoms with Crippen molar-refractivity contribution in [3.63, 3.8) is 0 Å². The predicted octanol–water partition coefficient (Wildman–Crippen LogP) is 4.75. The molecule has 0 atom stereocenters. The number of amides is 1. The molecule has 1 saturated heterocycles. The molecule has 2 aromatic rings. The number of ether oxygens (including phenoxy) is 3. The molecule has 3 rings (SSSR count). The van der Waals surface area contributed by atoms with Crippen LogP contribution in [0.4, 0.5) is 14.5 Å². The summed E-state index contributed by atoms with van der Waals surface area (Å²) in [6.07, 6.45) is 1.23. The molecule has 8 heteroatoms. The molecule has 1 N–H and O–H groups in total. The average molecular weight is 422 g/mol. The molecule has 0 spiro atoms. The minimum absolute atomic E-state index is 0.0411. The maximum absolute atomic E-state index is 13.2. The van der Waals surface area contributed by atoms with Gasteiger partial charge in [0.15, 0.2) is 5.75 Å². The smallest absolute Gasteiger partial charge is 0.387 e. The lowest BCUT2D eigenvalue weighted by molar-refractivity contribution is -0.139. The highest BCUT2D eigenvalue weighted by molar-refractivity contribution is 6.01. The maximum Gasteiger partial charge on any atom is 0.387 e. The molecule has 0 bridgehead atoms. The molecule has 2 heterocycles. The van der Waals surface area contributed by atoms with Crippen molar-refractivity contribution in [2.75, 3.05) is 25.6 Å². The minimum Gasteiger partial charge on any atom is -0.481 e. The fourth-order valence-electron chi connectivity index (χ4n) is 3.21. The van der Waals surface area contributed by atoms with Gasteiger partial charge in [-0.1, -0.05) is 52.0 Å². The summed E-state index contributed by atoms with van der Waals surface area (Å²) < 4.78 is 40.4. The molecule has 1 aliphatic heterocycles. The van der Waals surface area contributed by atoms with E-state index >= 15 is 0 Å². The Hall–Kier alpha value is -2.74. The monoisotopic (exact) mass is 422 g/mol. The average Bonchev–Trinajstić information content (AvgIpc) is 2.70. The van der Waals surface area contributed by atoms with Crippen molar-refractivity contribution < 1.29 is 27.8 Å². The van der Waals surface area contributed by atoms with Crippen LogP contribution in [0.1, 0.15) is 44.7 Å². The van der Waals surface area contributed by atoms with Crippen LogP contribution in [0.15, 0.2) is 36.5 Å². The normalized spacial score (nSPS) is 14.4. The first-order valence-corrected chi connectivity index (χ1v) is 9.85. The van der Waals surface area contributed by atoms with Gasteiger partial charge in [-0.3, -0.25) is 4.79 Å². The van der Waals surface area contributed by atoms with Crippen LogP contribution in [0, 0.1) is 0 Å². The quantitative estimate of drug-likeness (QED) is 0.698. The van der Waals surface area contributed by atoms with E-state index < -0.39 is 12.0 Å². The zero-order chi connectivity index (χ0) is 22.3. The van der Waals surface area contributed by atoms with Crippen molar-refractivity contribution in [2.45, 2.75) is 45.6 Å². The van der Waals surface area contributed by atoms with E-state index in [1.165, 1.54) is 19.4 Å². The number of carbonyl (C=O) groups is 1. The summed E-state index contributed by atoms with van der Waals surface area (Å²) >= 11 is 0. The number of halogens is 2. The molecule has 1 fully saturated rings. The summed E-state index contributed by atoms with van der Waals surface area (Å²) in [5.74, 6) is -0.275. The molecule has 0 radical (unpaired) electrons. The van der Waals surface area contributed by atoms with Crippen LogP contribution in [-0.4, -0.2) is 37.8 Å². The van der Waals surface area contributed by atoms with E-state index in [1.807, 2.05) is 52.0 Å². The number of alkyl halides is 2. The zero-order valence-corrected chi connectivity index (χ0v) is 17.9. The number of nitrogens with zero attached hydrogens (tertiary/aromatic N) is 1. The third-order valence-corrected chi connectivity index (χ3v) is 4.74. The molecular formula is C22H28F2N2O4. The van der Waals surface area contributed by atoms with Crippen LogP contribution in [0.2, 0.25) is 0 Å². The van der Waals surface area contributed by atoms with Crippen molar-refractivity contribution in [3.8, 4) is 11.6 Å². The number of anilines is 1. The van der Waals surface area contributed by atoms with Gasteiger partial charge in [-0.05, 0) is 17.0 Å². The second-order valence-electron chi connectivity index (χ2n) is 6.87. The van der Waals surface area contributed by atoms with Crippen molar-refractivity contribution in [2.24, 2.45) is 0 Å². The van der Waals surface area contributed by atoms with Gasteiger partial charge in [0.05, 0.1) is 26.5 Å². The third kappa shape index (κ3) is 4.87. The van der Waals surface area contributed by atoms with Crippen LogP contribution in [0.3, 0.4) is 0 Å². The molecule has 0 aliphatic carbocycles. The second kappa shape index (κ2) is 10.3.